The number of esters is 1. The zero-order valence-corrected chi connectivity index (χ0v) is 18.6. The van der Waals surface area contributed by atoms with Crippen molar-refractivity contribution in [3.63, 3.8) is 0 Å². The molecule has 0 fully saturated rings. The van der Waals surface area contributed by atoms with Crippen molar-refractivity contribution in [1.82, 2.24) is 0 Å². The van der Waals surface area contributed by atoms with E-state index in [-0.39, 0.29) is 29.2 Å². The fourth-order valence-corrected chi connectivity index (χ4v) is 3.83. The molecule has 10 heteroatoms. The highest BCUT2D eigenvalue weighted by Crippen LogP contribution is 2.24. The van der Waals surface area contributed by atoms with E-state index >= 15 is 0 Å². The van der Waals surface area contributed by atoms with Crippen molar-refractivity contribution in [2.24, 2.45) is 5.73 Å². The maximum Gasteiger partial charge on any atom is 0.340 e. The van der Waals surface area contributed by atoms with Crippen molar-refractivity contribution >= 4 is 21.8 Å². The van der Waals surface area contributed by atoms with Gasteiger partial charge in [-0.1, -0.05) is 23.8 Å². The topological polar surface area (TPSA) is 139 Å². The van der Waals surface area contributed by atoms with Crippen LogP contribution < -0.4 is 5.73 Å². The maximum atomic E-state index is 12.7. The molecule has 2 aromatic carbocycles. The van der Waals surface area contributed by atoms with E-state index in [0.29, 0.717) is 11.1 Å². The van der Waals surface area contributed by atoms with Crippen LogP contribution >= 0.6 is 0 Å². The highest BCUT2D eigenvalue weighted by molar-refractivity contribution is 7.86. The molecule has 0 aromatic heterocycles. The van der Waals surface area contributed by atoms with E-state index in [4.69, 9.17) is 14.7 Å². The van der Waals surface area contributed by atoms with Crippen LogP contribution in [0.1, 0.15) is 54.7 Å². The van der Waals surface area contributed by atoms with E-state index in [1.54, 1.807) is 39.8 Å². The fourth-order valence-electron chi connectivity index (χ4n) is 2.74. The summed E-state index contributed by atoms with van der Waals surface area (Å²) in [5, 5.41) is 10.9. The third-order valence-electron chi connectivity index (χ3n) is 4.20. The normalized spacial score (nSPS) is 12.9. The Hall–Kier alpha value is -2.82. The van der Waals surface area contributed by atoms with E-state index in [2.05, 4.69) is 0 Å². The summed E-state index contributed by atoms with van der Waals surface area (Å²) in [6.07, 6.45) is 0.0913. The predicted molar refractivity (Wildman–Crippen MR) is 114 cm³/mol. The van der Waals surface area contributed by atoms with Crippen molar-refractivity contribution < 1.29 is 27.1 Å². The number of aryl methyl sites for hydroxylation is 1. The van der Waals surface area contributed by atoms with Gasteiger partial charge in [-0.15, -0.1) is 0 Å². The molecule has 0 aliphatic rings. The quantitative estimate of drug-likeness (QED) is 0.278. The van der Waals surface area contributed by atoms with Crippen LogP contribution in [0.15, 0.2) is 47.4 Å². The lowest BCUT2D eigenvalue weighted by molar-refractivity contribution is -0.384. The van der Waals surface area contributed by atoms with E-state index in [0.717, 1.165) is 0 Å². The second-order valence-corrected chi connectivity index (χ2v) is 9.61. The standard InChI is InChI=1S/C21H26N2O7S/c1-14-8-9-19(17(12-14)20(24)30-21(2,3)4)31(27,28)29-11-10-18(22)15-6-5-7-16(13-15)23(25)26/h5-9,12-13,18H,10-11,22H2,1-4H3. The summed E-state index contributed by atoms with van der Waals surface area (Å²) in [6, 6.07) is 9.41. The first-order valence-corrected chi connectivity index (χ1v) is 10.9. The minimum absolute atomic E-state index is 0.0913. The monoisotopic (exact) mass is 450 g/mol. The number of carbonyl (C=O) groups is 1. The van der Waals surface area contributed by atoms with Crippen molar-refractivity contribution in [1.29, 1.82) is 0 Å². The molecule has 2 rings (SSSR count). The van der Waals surface area contributed by atoms with Gasteiger partial charge in [0.05, 0.1) is 17.1 Å². The largest absolute Gasteiger partial charge is 0.456 e. The Labute approximate surface area is 181 Å². The number of carbonyl (C=O) groups excluding carboxylic acids is 1. The molecule has 0 aliphatic carbocycles. The molecule has 2 N–H and O–H groups in total. The minimum atomic E-state index is -4.27. The first-order chi connectivity index (χ1) is 14.3. The second kappa shape index (κ2) is 9.54. The Morgan fingerprint density at radius 1 is 1.19 bits per heavy atom. The van der Waals surface area contributed by atoms with Gasteiger partial charge >= 0.3 is 5.97 Å². The number of nitrogens with two attached hydrogens (primary N) is 1. The summed E-state index contributed by atoms with van der Waals surface area (Å²) in [5.74, 6) is -0.772. The highest BCUT2D eigenvalue weighted by atomic mass is 32.2. The lowest BCUT2D eigenvalue weighted by Gasteiger charge is -2.20. The molecule has 1 unspecified atom stereocenters. The first-order valence-electron chi connectivity index (χ1n) is 9.53. The van der Waals surface area contributed by atoms with Crippen LogP contribution in [0.25, 0.3) is 0 Å². The van der Waals surface area contributed by atoms with E-state index in [1.165, 1.54) is 30.3 Å². The van der Waals surface area contributed by atoms with E-state index in [1.807, 2.05) is 0 Å². The van der Waals surface area contributed by atoms with Crippen molar-refractivity contribution in [3.8, 4) is 0 Å². The smallest absolute Gasteiger partial charge is 0.340 e. The fraction of sp³-hybridized carbons (Fsp3) is 0.381. The third kappa shape index (κ3) is 6.84. The number of non-ortho nitro benzene ring substituents is 1. The predicted octanol–water partition coefficient (Wildman–Crippen LogP) is 3.65. The SMILES string of the molecule is Cc1ccc(S(=O)(=O)OCCC(N)c2cccc([N+](=O)[O-])c2)c(C(=O)OC(C)(C)C)c1. The van der Waals surface area contributed by atoms with Gasteiger partial charge < -0.3 is 10.5 Å². The third-order valence-corrected chi connectivity index (χ3v) is 5.57. The number of benzene rings is 2. The Morgan fingerprint density at radius 3 is 2.48 bits per heavy atom. The van der Waals surface area contributed by atoms with Crippen LogP contribution in [0.4, 0.5) is 5.69 Å². The molecular formula is C21H26N2O7S. The number of nitrogens with zero attached hydrogens (tertiary/aromatic N) is 1. The minimum Gasteiger partial charge on any atom is -0.456 e. The molecule has 168 valence electrons. The molecule has 0 saturated heterocycles. The Morgan fingerprint density at radius 2 is 1.87 bits per heavy atom. The van der Waals surface area contributed by atoms with Gasteiger partial charge in [0.25, 0.3) is 15.8 Å². The van der Waals surface area contributed by atoms with E-state index in [9.17, 15) is 23.3 Å². The second-order valence-electron chi connectivity index (χ2n) is 8.02. The average Bonchev–Trinajstić information content (AvgIpc) is 2.66. The number of hydrogen-bond donors (Lipinski definition) is 1. The number of ether oxygens (including phenoxy) is 1. The number of rotatable bonds is 8. The molecule has 1 atom stereocenters. The van der Waals surface area contributed by atoms with Gasteiger partial charge in [-0.2, -0.15) is 8.42 Å². The van der Waals surface area contributed by atoms with Crippen LogP contribution in [0.3, 0.4) is 0 Å². The Kier molecular flexibility index (Phi) is 7.53. The van der Waals surface area contributed by atoms with Crippen LogP contribution in [0, 0.1) is 17.0 Å². The molecule has 31 heavy (non-hydrogen) atoms. The molecule has 0 aliphatic heterocycles. The van der Waals surface area contributed by atoms with Crippen molar-refractivity contribution in [3.05, 3.63) is 69.3 Å². The summed E-state index contributed by atoms with van der Waals surface area (Å²) in [4.78, 5) is 22.6. The molecule has 0 spiro atoms. The van der Waals surface area contributed by atoms with E-state index < -0.39 is 32.7 Å². The van der Waals surface area contributed by atoms with Crippen LogP contribution in [0.2, 0.25) is 0 Å². The highest BCUT2D eigenvalue weighted by Gasteiger charge is 2.27. The van der Waals surface area contributed by atoms with Crippen LogP contribution in [-0.4, -0.2) is 31.5 Å². The molecule has 0 amide bonds. The number of hydrogen-bond acceptors (Lipinski definition) is 8. The van der Waals surface area contributed by atoms with Crippen LogP contribution in [-0.2, 0) is 19.0 Å². The lowest BCUT2D eigenvalue weighted by atomic mass is 10.0. The number of nitro groups is 1. The Bertz CT molecular complexity index is 1080. The van der Waals surface area contributed by atoms with Gasteiger partial charge in [-0.3, -0.25) is 14.3 Å². The lowest BCUT2D eigenvalue weighted by Crippen LogP contribution is -2.25. The Balaban J connectivity index is 2.15. The van der Waals surface area contributed by atoms with Gasteiger partial charge in [-0.25, -0.2) is 4.79 Å². The molecule has 0 radical (unpaired) electrons. The molecule has 0 heterocycles. The average molecular weight is 451 g/mol. The molecular weight excluding hydrogens is 424 g/mol. The summed E-state index contributed by atoms with van der Waals surface area (Å²) in [7, 11) is -4.27. The van der Waals surface area contributed by atoms with Gasteiger partial charge in [0.2, 0.25) is 0 Å². The van der Waals surface area contributed by atoms with Crippen molar-refractivity contribution in [2.75, 3.05) is 6.61 Å². The van der Waals surface area contributed by atoms with Gasteiger partial charge in [-0.05, 0) is 51.8 Å². The first kappa shape index (κ1) is 24.4. The molecule has 0 bridgehead atoms. The van der Waals surface area contributed by atoms with Gasteiger partial charge in [0.15, 0.2) is 0 Å². The molecule has 9 nitrogen and oxygen atoms in total. The molecule has 0 saturated carbocycles. The summed E-state index contributed by atoms with van der Waals surface area (Å²) < 4.78 is 35.9. The number of nitro benzene ring substituents is 1. The van der Waals surface area contributed by atoms with Crippen molar-refractivity contribution in [2.45, 2.75) is 50.7 Å². The molecule has 2 aromatic rings. The van der Waals surface area contributed by atoms with Crippen LogP contribution in [0.5, 0.6) is 0 Å². The van der Waals surface area contributed by atoms with Gasteiger partial charge in [0.1, 0.15) is 10.5 Å². The zero-order chi connectivity index (χ0) is 23.4. The summed E-state index contributed by atoms with van der Waals surface area (Å²) in [6.45, 7) is 6.50. The van der Waals surface area contributed by atoms with Gasteiger partial charge in [0, 0.05) is 18.2 Å². The zero-order valence-electron chi connectivity index (χ0n) is 17.8. The summed E-state index contributed by atoms with van der Waals surface area (Å²) >= 11 is 0. The maximum absolute atomic E-state index is 12.7. The summed E-state index contributed by atoms with van der Waals surface area (Å²) in [5.41, 5.74) is 6.18.